The standard InChI is InChI=1S/C22H23N3O4S/c26-21-18-10-4-2-8-16(18)14-19(24-21)22(27)23-15-17-9-3-5-11-20(17)30(28,29)25-12-6-1-7-13-25/h2-5,8-11,14H,1,6-7,12-13,15H2,(H,23,27)(H,24,26). The number of carbonyl (C=O) groups is 1. The molecule has 0 unspecified atom stereocenters. The van der Waals surface area contributed by atoms with Gasteiger partial charge in [-0.05, 0) is 42.0 Å². The summed E-state index contributed by atoms with van der Waals surface area (Å²) in [4.78, 5) is 27.7. The molecule has 0 spiro atoms. The number of hydrogen-bond donors (Lipinski definition) is 2. The van der Waals surface area contributed by atoms with Crippen molar-refractivity contribution in [2.75, 3.05) is 13.1 Å². The number of fused-ring (bicyclic) bond motifs is 1. The van der Waals surface area contributed by atoms with Crippen LogP contribution in [-0.2, 0) is 16.6 Å². The van der Waals surface area contributed by atoms with Gasteiger partial charge in [0.25, 0.3) is 11.5 Å². The van der Waals surface area contributed by atoms with Crippen molar-refractivity contribution in [1.29, 1.82) is 0 Å². The van der Waals surface area contributed by atoms with E-state index in [9.17, 15) is 18.0 Å². The summed E-state index contributed by atoms with van der Waals surface area (Å²) in [5.74, 6) is -0.469. The summed E-state index contributed by atoms with van der Waals surface area (Å²) in [7, 11) is -3.62. The van der Waals surface area contributed by atoms with Crippen molar-refractivity contribution in [3.63, 3.8) is 0 Å². The van der Waals surface area contributed by atoms with Crippen molar-refractivity contribution in [3.8, 4) is 0 Å². The Bertz CT molecular complexity index is 1240. The topological polar surface area (TPSA) is 99.3 Å². The molecular formula is C22H23N3O4S. The van der Waals surface area contributed by atoms with E-state index in [2.05, 4.69) is 10.3 Å². The largest absolute Gasteiger partial charge is 0.347 e. The zero-order chi connectivity index (χ0) is 21.1. The minimum atomic E-state index is -3.62. The van der Waals surface area contributed by atoms with Gasteiger partial charge < -0.3 is 10.3 Å². The molecule has 1 saturated heterocycles. The van der Waals surface area contributed by atoms with Crippen molar-refractivity contribution >= 4 is 26.7 Å². The normalized spacial score (nSPS) is 15.2. The molecule has 156 valence electrons. The lowest BCUT2D eigenvalue weighted by molar-refractivity contribution is 0.0945. The molecule has 1 aliphatic heterocycles. The quantitative estimate of drug-likeness (QED) is 0.656. The molecule has 7 nitrogen and oxygen atoms in total. The van der Waals surface area contributed by atoms with Crippen LogP contribution in [0.5, 0.6) is 0 Å². The number of pyridine rings is 1. The third-order valence-electron chi connectivity index (χ3n) is 5.34. The van der Waals surface area contributed by atoms with Crippen LogP contribution in [0.3, 0.4) is 0 Å². The van der Waals surface area contributed by atoms with Crippen LogP contribution in [0.1, 0.15) is 35.3 Å². The van der Waals surface area contributed by atoms with E-state index >= 15 is 0 Å². The number of sulfonamides is 1. The highest BCUT2D eigenvalue weighted by molar-refractivity contribution is 7.89. The zero-order valence-corrected chi connectivity index (χ0v) is 17.2. The Kier molecular flexibility index (Phi) is 5.69. The van der Waals surface area contributed by atoms with E-state index in [1.54, 1.807) is 54.6 Å². The van der Waals surface area contributed by atoms with E-state index in [0.29, 0.717) is 29.4 Å². The van der Waals surface area contributed by atoms with E-state index in [0.717, 1.165) is 19.3 Å². The summed E-state index contributed by atoms with van der Waals surface area (Å²) >= 11 is 0. The summed E-state index contributed by atoms with van der Waals surface area (Å²) in [6, 6.07) is 15.3. The molecule has 1 aromatic heterocycles. The van der Waals surface area contributed by atoms with Crippen molar-refractivity contribution in [2.45, 2.75) is 30.7 Å². The monoisotopic (exact) mass is 425 g/mol. The van der Waals surface area contributed by atoms with Crippen molar-refractivity contribution < 1.29 is 13.2 Å². The van der Waals surface area contributed by atoms with Gasteiger partial charge in [-0.15, -0.1) is 0 Å². The number of nitrogens with zero attached hydrogens (tertiary/aromatic N) is 1. The van der Waals surface area contributed by atoms with Gasteiger partial charge in [-0.3, -0.25) is 9.59 Å². The second kappa shape index (κ2) is 8.41. The molecule has 0 radical (unpaired) electrons. The molecule has 3 aromatic rings. The van der Waals surface area contributed by atoms with Crippen LogP contribution in [0.2, 0.25) is 0 Å². The average Bonchev–Trinajstić information content (AvgIpc) is 2.78. The summed E-state index contributed by atoms with van der Waals surface area (Å²) in [5, 5.41) is 3.90. The number of benzene rings is 2. The van der Waals surface area contributed by atoms with Gasteiger partial charge in [0.05, 0.1) is 4.90 Å². The molecule has 0 saturated carbocycles. The lowest BCUT2D eigenvalue weighted by atomic mass is 10.1. The molecule has 2 N–H and O–H groups in total. The van der Waals surface area contributed by atoms with E-state index in [4.69, 9.17) is 0 Å². The fourth-order valence-electron chi connectivity index (χ4n) is 3.75. The summed E-state index contributed by atoms with van der Waals surface area (Å²) in [6.07, 6.45) is 2.74. The summed E-state index contributed by atoms with van der Waals surface area (Å²) in [5.41, 5.74) is 0.306. The highest BCUT2D eigenvalue weighted by atomic mass is 32.2. The third-order valence-corrected chi connectivity index (χ3v) is 7.34. The van der Waals surface area contributed by atoms with E-state index < -0.39 is 15.9 Å². The molecule has 1 amide bonds. The molecule has 1 aliphatic rings. The van der Waals surface area contributed by atoms with Crippen LogP contribution in [0.4, 0.5) is 0 Å². The minimum absolute atomic E-state index is 0.0386. The van der Waals surface area contributed by atoms with Crippen molar-refractivity contribution in [2.24, 2.45) is 0 Å². The third kappa shape index (κ3) is 4.01. The molecule has 2 heterocycles. The van der Waals surface area contributed by atoms with E-state index in [1.165, 1.54) is 4.31 Å². The van der Waals surface area contributed by atoms with Gasteiger partial charge in [0.1, 0.15) is 5.69 Å². The number of aromatic amines is 1. The van der Waals surface area contributed by atoms with Gasteiger partial charge in [-0.2, -0.15) is 4.31 Å². The number of rotatable bonds is 5. The first kappa shape index (κ1) is 20.3. The predicted molar refractivity (Wildman–Crippen MR) is 115 cm³/mol. The first-order valence-electron chi connectivity index (χ1n) is 9.95. The highest BCUT2D eigenvalue weighted by Crippen LogP contribution is 2.23. The Morgan fingerprint density at radius 3 is 2.50 bits per heavy atom. The van der Waals surface area contributed by atoms with Gasteiger partial charge in [0, 0.05) is 25.0 Å². The Morgan fingerprint density at radius 1 is 1.00 bits per heavy atom. The van der Waals surface area contributed by atoms with Crippen LogP contribution < -0.4 is 10.9 Å². The second-order valence-electron chi connectivity index (χ2n) is 7.35. The van der Waals surface area contributed by atoms with Crippen LogP contribution in [0.25, 0.3) is 10.8 Å². The number of H-pyrrole nitrogens is 1. The van der Waals surface area contributed by atoms with Gasteiger partial charge in [0.15, 0.2) is 0 Å². The highest BCUT2D eigenvalue weighted by Gasteiger charge is 2.28. The van der Waals surface area contributed by atoms with Crippen LogP contribution >= 0.6 is 0 Å². The first-order valence-corrected chi connectivity index (χ1v) is 11.4. The van der Waals surface area contributed by atoms with Gasteiger partial charge in [-0.1, -0.05) is 42.8 Å². The Balaban J connectivity index is 1.56. The Morgan fingerprint density at radius 2 is 1.70 bits per heavy atom. The van der Waals surface area contributed by atoms with Crippen molar-refractivity contribution in [3.05, 3.63) is 76.2 Å². The molecule has 30 heavy (non-hydrogen) atoms. The summed E-state index contributed by atoms with van der Waals surface area (Å²) in [6.45, 7) is 1.07. The lowest BCUT2D eigenvalue weighted by Gasteiger charge is -2.26. The fraction of sp³-hybridized carbons (Fsp3) is 0.273. The van der Waals surface area contributed by atoms with Gasteiger partial charge in [0.2, 0.25) is 10.0 Å². The molecule has 0 bridgehead atoms. The van der Waals surface area contributed by atoms with Crippen LogP contribution in [-0.4, -0.2) is 36.7 Å². The maximum absolute atomic E-state index is 13.1. The molecule has 4 rings (SSSR count). The maximum Gasteiger partial charge on any atom is 0.268 e. The van der Waals surface area contributed by atoms with Gasteiger partial charge >= 0.3 is 0 Å². The van der Waals surface area contributed by atoms with E-state index in [1.807, 2.05) is 0 Å². The fourth-order valence-corrected chi connectivity index (χ4v) is 5.49. The number of amides is 1. The SMILES string of the molecule is O=C(NCc1ccccc1S(=O)(=O)N1CCCCC1)c1cc2ccccc2c(=O)[nH]1. The van der Waals surface area contributed by atoms with E-state index in [-0.39, 0.29) is 22.7 Å². The second-order valence-corrected chi connectivity index (χ2v) is 9.26. The molecule has 8 heteroatoms. The predicted octanol–water partition coefficient (Wildman–Crippen LogP) is 2.63. The number of nitrogens with one attached hydrogen (secondary N) is 2. The first-order chi connectivity index (χ1) is 14.5. The number of hydrogen-bond acceptors (Lipinski definition) is 4. The lowest BCUT2D eigenvalue weighted by Crippen LogP contribution is -2.36. The molecule has 0 atom stereocenters. The number of carbonyl (C=O) groups excluding carboxylic acids is 1. The zero-order valence-electron chi connectivity index (χ0n) is 16.4. The maximum atomic E-state index is 13.1. The van der Waals surface area contributed by atoms with Crippen LogP contribution in [0, 0.1) is 0 Å². The smallest absolute Gasteiger partial charge is 0.268 e. The Hall–Kier alpha value is -2.97. The summed E-state index contributed by atoms with van der Waals surface area (Å²) < 4.78 is 27.7. The van der Waals surface area contributed by atoms with Gasteiger partial charge in [-0.25, -0.2) is 8.42 Å². The van der Waals surface area contributed by atoms with Crippen LogP contribution in [0.15, 0.2) is 64.3 Å². The average molecular weight is 426 g/mol. The number of piperidine rings is 1. The minimum Gasteiger partial charge on any atom is -0.347 e. The Labute approximate surface area is 174 Å². The molecule has 0 aliphatic carbocycles. The molecule has 1 fully saturated rings. The molecule has 2 aromatic carbocycles. The number of aromatic nitrogens is 1. The molecular weight excluding hydrogens is 402 g/mol. The van der Waals surface area contributed by atoms with Crippen molar-refractivity contribution in [1.82, 2.24) is 14.6 Å².